The van der Waals surface area contributed by atoms with Crippen molar-refractivity contribution in [3.63, 3.8) is 0 Å². The summed E-state index contributed by atoms with van der Waals surface area (Å²) in [5, 5.41) is 9.11. The molecule has 0 saturated heterocycles. The first-order valence-corrected chi connectivity index (χ1v) is 9.19. The molecule has 8 heteroatoms. The second-order valence-electron chi connectivity index (χ2n) is 5.97. The van der Waals surface area contributed by atoms with Crippen LogP contribution in [-0.2, 0) is 4.79 Å². The maximum absolute atomic E-state index is 12.6. The summed E-state index contributed by atoms with van der Waals surface area (Å²) in [6, 6.07) is 11.1. The van der Waals surface area contributed by atoms with Crippen molar-refractivity contribution >= 4 is 40.4 Å². The molecule has 1 amide bonds. The Morgan fingerprint density at radius 1 is 1.07 bits per heavy atom. The Morgan fingerprint density at radius 3 is 2.39 bits per heavy atom. The van der Waals surface area contributed by atoms with Gasteiger partial charge in [0, 0.05) is 4.90 Å². The molecule has 0 aliphatic carbocycles. The van der Waals surface area contributed by atoms with Gasteiger partial charge < -0.3 is 14.2 Å². The number of carbonyl (C=O) groups excluding carboxylic acids is 1. The third-order valence-corrected chi connectivity index (χ3v) is 5.42. The first kappa shape index (κ1) is 18.1. The number of ether oxygens (including phenoxy) is 3. The van der Waals surface area contributed by atoms with E-state index in [9.17, 15) is 4.79 Å². The second kappa shape index (κ2) is 7.05. The van der Waals surface area contributed by atoms with Crippen LogP contribution in [0.3, 0.4) is 0 Å². The Kier molecular flexibility index (Phi) is 4.56. The number of benzene rings is 2. The average Bonchev–Trinajstić information content (AvgIpc) is 3.08. The number of rotatable bonds is 4. The van der Waals surface area contributed by atoms with Crippen LogP contribution in [0.5, 0.6) is 17.2 Å². The molecule has 0 radical (unpaired) electrons. The van der Waals surface area contributed by atoms with Crippen molar-refractivity contribution in [2.24, 2.45) is 4.99 Å². The highest BCUT2D eigenvalue weighted by atomic mass is 32.2. The zero-order valence-corrected chi connectivity index (χ0v) is 16.3. The first-order chi connectivity index (χ1) is 13.6. The van der Waals surface area contributed by atoms with E-state index in [1.807, 2.05) is 24.3 Å². The molecule has 4 rings (SSSR count). The number of carbonyl (C=O) groups is 1. The predicted molar refractivity (Wildman–Crippen MR) is 109 cm³/mol. The Morgan fingerprint density at radius 2 is 1.75 bits per heavy atom. The molecule has 1 N–H and O–H groups in total. The van der Waals surface area contributed by atoms with Gasteiger partial charge in [0.1, 0.15) is 5.84 Å². The highest BCUT2D eigenvalue weighted by Gasteiger charge is 2.37. The number of hydrogen-bond donors (Lipinski definition) is 1. The fourth-order valence-electron chi connectivity index (χ4n) is 3.11. The summed E-state index contributed by atoms with van der Waals surface area (Å²) in [6.45, 7) is 0. The summed E-state index contributed by atoms with van der Waals surface area (Å²) in [4.78, 5) is 19.4. The summed E-state index contributed by atoms with van der Waals surface area (Å²) < 4.78 is 16.1. The third kappa shape index (κ3) is 2.82. The van der Waals surface area contributed by atoms with E-state index in [1.54, 1.807) is 23.1 Å². The van der Waals surface area contributed by atoms with Crippen molar-refractivity contribution in [1.82, 2.24) is 0 Å². The summed E-state index contributed by atoms with van der Waals surface area (Å²) in [6.07, 6.45) is 1.61. The Bertz CT molecular complexity index is 1040. The van der Waals surface area contributed by atoms with Crippen LogP contribution in [-0.4, -0.2) is 38.2 Å². The van der Waals surface area contributed by atoms with Gasteiger partial charge in [-0.2, -0.15) is 4.99 Å². The molecule has 0 aromatic heterocycles. The summed E-state index contributed by atoms with van der Waals surface area (Å²) >= 11 is 1.38. The molecule has 0 saturated carbocycles. The number of fused-ring (bicyclic) bond motifs is 3. The lowest BCUT2D eigenvalue weighted by molar-refractivity contribution is -0.113. The number of amides is 1. The van der Waals surface area contributed by atoms with Gasteiger partial charge in [0.15, 0.2) is 16.7 Å². The smallest absolute Gasteiger partial charge is 0.283 e. The molecule has 2 aromatic rings. The fourth-order valence-corrected chi connectivity index (χ4v) is 4.13. The van der Waals surface area contributed by atoms with Crippen molar-refractivity contribution in [1.29, 1.82) is 5.41 Å². The van der Waals surface area contributed by atoms with Gasteiger partial charge in [-0.1, -0.05) is 12.1 Å². The maximum Gasteiger partial charge on any atom is 0.283 e. The summed E-state index contributed by atoms with van der Waals surface area (Å²) in [5.41, 5.74) is 1.68. The van der Waals surface area contributed by atoms with Gasteiger partial charge in [0.05, 0.1) is 32.6 Å². The number of hydrogen-bond acceptors (Lipinski definition) is 6. The van der Waals surface area contributed by atoms with Crippen LogP contribution in [0, 0.1) is 5.41 Å². The van der Waals surface area contributed by atoms with Gasteiger partial charge in [-0.3, -0.25) is 15.1 Å². The van der Waals surface area contributed by atoms with E-state index >= 15 is 0 Å². The summed E-state index contributed by atoms with van der Waals surface area (Å²) in [5.74, 6) is 1.03. The first-order valence-electron chi connectivity index (χ1n) is 8.38. The molecule has 2 heterocycles. The second-order valence-corrected chi connectivity index (χ2v) is 6.98. The Balaban J connectivity index is 1.79. The minimum atomic E-state index is -0.453. The lowest BCUT2D eigenvalue weighted by Crippen LogP contribution is -2.39. The highest BCUT2D eigenvalue weighted by Crippen LogP contribution is 2.43. The van der Waals surface area contributed by atoms with Crippen LogP contribution in [0.2, 0.25) is 0 Å². The number of aliphatic imine (C=N–C) groups is 1. The van der Waals surface area contributed by atoms with Gasteiger partial charge in [-0.25, -0.2) is 0 Å². The van der Waals surface area contributed by atoms with Gasteiger partial charge in [0.2, 0.25) is 5.75 Å². The third-order valence-electron chi connectivity index (χ3n) is 4.40. The van der Waals surface area contributed by atoms with E-state index in [2.05, 4.69) is 4.99 Å². The van der Waals surface area contributed by atoms with Gasteiger partial charge in [-0.05, 0) is 47.7 Å². The molecular weight excluding hydrogens is 378 g/mol. The number of methoxy groups -OCH3 is 3. The number of para-hydroxylation sites is 1. The normalized spacial score (nSPS) is 16.6. The van der Waals surface area contributed by atoms with Crippen molar-refractivity contribution in [2.75, 3.05) is 26.2 Å². The van der Waals surface area contributed by atoms with E-state index in [0.717, 1.165) is 10.6 Å². The lowest BCUT2D eigenvalue weighted by atomic mass is 10.1. The monoisotopic (exact) mass is 395 g/mol. The quantitative estimate of drug-likeness (QED) is 0.797. The largest absolute Gasteiger partial charge is 0.493 e. The minimum absolute atomic E-state index is 0.0844. The van der Waals surface area contributed by atoms with E-state index in [4.69, 9.17) is 19.6 Å². The Labute approximate surface area is 166 Å². The molecule has 0 unspecified atom stereocenters. The zero-order valence-electron chi connectivity index (χ0n) is 15.5. The van der Waals surface area contributed by atoms with Gasteiger partial charge in [0.25, 0.3) is 5.91 Å². The standard InChI is InChI=1S/C20H17N3O4S/c1-25-14-9-11(10-15(26-2)17(14)27-3)8-12-18(21)23-13-6-4-5-7-16(13)28-20(23)22-19(12)24/h4-10,21H,1-3H3/b12-8+,21-18?. The molecule has 28 heavy (non-hydrogen) atoms. The number of nitrogens with zero attached hydrogens (tertiary/aromatic N) is 2. The number of amidine groups is 2. The number of anilines is 1. The van der Waals surface area contributed by atoms with Crippen LogP contribution in [0.1, 0.15) is 5.56 Å². The van der Waals surface area contributed by atoms with Gasteiger partial charge in [-0.15, -0.1) is 0 Å². The van der Waals surface area contributed by atoms with Crippen molar-refractivity contribution < 1.29 is 19.0 Å². The highest BCUT2D eigenvalue weighted by molar-refractivity contribution is 8.15. The molecule has 2 aliphatic heterocycles. The minimum Gasteiger partial charge on any atom is -0.493 e. The molecule has 2 aromatic carbocycles. The van der Waals surface area contributed by atoms with Crippen LogP contribution in [0.4, 0.5) is 5.69 Å². The summed E-state index contributed by atoms with van der Waals surface area (Å²) in [7, 11) is 4.57. The van der Waals surface area contributed by atoms with Crippen LogP contribution < -0.4 is 19.1 Å². The lowest BCUT2D eigenvalue weighted by Gasteiger charge is -2.24. The Hall–Kier alpha value is -3.26. The maximum atomic E-state index is 12.6. The van der Waals surface area contributed by atoms with E-state index in [1.165, 1.54) is 33.1 Å². The molecule has 142 valence electrons. The zero-order chi connectivity index (χ0) is 19.8. The van der Waals surface area contributed by atoms with E-state index < -0.39 is 5.91 Å². The average molecular weight is 395 g/mol. The topological polar surface area (TPSA) is 84.2 Å². The SMILES string of the molecule is COc1cc(/C=C2\C(=N)N3C(=NC2=O)Sc2ccccc23)cc(OC)c1OC. The molecule has 0 spiro atoms. The molecule has 2 aliphatic rings. The van der Waals surface area contributed by atoms with Gasteiger partial charge >= 0.3 is 0 Å². The van der Waals surface area contributed by atoms with Crippen LogP contribution in [0.15, 0.2) is 51.9 Å². The molecule has 0 bridgehead atoms. The predicted octanol–water partition coefficient (Wildman–Crippen LogP) is 3.58. The molecule has 0 fully saturated rings. The van der Waals surface area contributed by atoms with Crippen LogP contribution >= 0.6 is 11.8 Å². The number of thioether (sulfide) groups is 1. The van der Waals surface area contributed by atoms with Crippen molar-refractivity contribution in [2.45, 2.75) is 4.90 Å². The molecule has 7 nitrogen and oxygen atoms in total. The molecular formula is C20H17N3O4S. The fraction of sp³-hybridized carbons (Fsp3) is 0.150. The van der Waals surface area contributed by atoms with Crippen molar-refractivity contribution in [3.05, 3.63) is 47.5 Å². The van der Waals surface area contributed by atoms with E-state index in [0.29, 0.717) is 28.0 Å². The van der Waals surface area contributed by atoms with Crippen molar-refractivity contribution in [3.8, 4) is 17.2 Å². The number of nitrogens with one attached hydrogen (secondary N) is 1. The van der Waals surface area contributed by atoms with Crippen LogP contribution in [0.25, 0.3) is 6.08 Å². The van der Waals surface area contributed by atoms with E-state index in [-0.39, 0.29) is 11.4 Å². The molecule has 0 atom stereocenters.